The first-order chi connectivity index (χ1) is 16.6. The molecule has 2 aliphatic rings. The smallest absolute Gasteiger partial charge is 0.326 e. The minimum absolute atomic E-state index is 0.0758. The minimum atomic E-state index is -1.49. The van der Waals surface area contributed by atoms with Gasteiger partial charge in [-0.2, -0.15) is 0 Å². The second kappa shape index (κ2) is 11.8. The SMILES string of the molecule is N=C(N)c1ccc(OC(=O)C2CC=C(CN3CCCC[C@H]3C(=O)N[C@@H](CC(=O)O)C(=O)O)S2)cc1. The van der Waals surface area contributed by atoms with E-state index in [9.17, 15) is 24.3 Å². The number of carbonyl (C=O) groups excluding carboxylic acids is 2. The molecule has 1 saturated heterocycles. The van der Waals surface area contributed by atoms with Crippen molar-refractivity contribution in [2.75, 3.05) is 13.1 Å². The number of rotatable bonds is 10. The molecule has 1 unspecified atom stereocenters. The Morgan fingerprint density at radius 2 is 1.91 bits per heavy atom. The first-order valence-electron chi connectivity index (χ1n) is 11.1. The number of thioether (sulfide) groups is 1. The first-order valence-corrected chi connectivity index (χ1v) is 12.0. The van der Waals surface area contributed by atoms with Gasteiger partial charge in [0.2, 0.25) is 5.91 Å². The second-order valence-electron chi connectivity index (χ2n) is 8.35. The molecule has 0 radical (unpaired) electrons. The molecule has 0 saturated carbocycles. The summed E-state index contributed by atoms with van der Waals surface area (Å²) in [7, 11) is 0. The van der Waals surface area contributed by atoms with Gasteiger partial charge < -0.3 is 26.0 Å². The zero-order valence-corrected chi connectivity index (χ0v) is 19.8. The molecule has 0 spiro atoms. The number of nitrogens with one attached hydrogen (secondary N) is 2. The van der Waals surface area contributed by atoms with Gasteiger partial charge in [-0.15, -0.1) is 11.8 Å². The van der Waals surface area contributed by atoms with Gasteiger partial charge in [-0.3, -0.25) is 24.7 Å². The fraction of sp³-hybridized carbons (Fsp3) is 0.435. The Morgan fingerprint density at radius 1 is 1.20 bits per heavy atom. The molecule has 188 valence electrons. The quantitative estimate of drug-likeness (QED) is 0.134. The molecule has 3 rings (SSSR count). The van der Waals surface area contributed by atoms with E-state index in [0.717, 1.165) is 17.7 Å². The van der Waals surface area contributed by atoms with Crippen molar-refractivity contribution in [3.05, 3.63) is 40.8 Å². The van der Waals surface area contributed by atoms with Crippen LogP contribution in [0.15, 0.2) is 35.2 Å². The van der Waals surface area contributed by atoms with Crippen LogP contribution in [0.4, 0.5) is 0 Å². The fourth-order valence-electron chi connectivity index (χ4n) is 3.97. The highest BCUT2D eigenvalue weighted by atomic mass is 32.2. The molecular weight excluding hydrogens is 476 g/mol. The number of ether oxygens (including phenoxy) is 1. The van der Waals surface area contributed by atoms with Crippen LogP contribution in [0.25, 0.3) is 0 Å². The van der Waals surface area contributed by atoms with E-state index in [4.69, 9.17) is 21.0 Å². The van der Waals surface area contributed by atoms with Crippen LogP contribution in [0.2, 0.25) is 0 Å². The Morgan fingerprint density at radius 3 is 2.54 bits per heavy atom. The second-order valence-corrected chi connectivity index (χ2v) is 9.68. The Labute approximate surface area is 206 Å². The van der Waals surface area contributed by atoms with Gasteiger partial charge in [0.05, 0.1) is 12.5 Å². The highest BCUT2D eigenvalue weighted by Gasteiger charge is 2.34. The van der Waals surface area contributed by atoms with E-state index in [1.165, 1.54) is 11.8 Å². The van der Waals surface area contributed by atoms with Crippen molar-refractivity contribution in [3.8, 4) is 5.75 Å². The zero-order valence-electron chi connectivity index (χ0n) is 18.9. The number of piperidine rings is 1. The molecule has 2 aliphatic heterocycles. The predicted octanol–water partition coefficient (Wildman–Crippen LogP) is 1.16. The summed E-state index contributed by atoms with van der Waals surface area (Å²) in [5.41, 5.74) is 5.96. The number of carbonyl (C=O) groups is 4. The van der Waals surface area contributed by atoms with E-state index in [-0.39, 0.29) is 5.84 Å². The predicted molar refractivity (Wildman–Crippen MR) is 128 cm³/mol. The van der Waals surface area contributed by atoms with E-state index in [0.29, 0.717) is 37.2 Å². The van der Waals surface area contributed by atoms with E-state index in [2.05, 4.69) is 5.32 Å². The summed E-state index contributed by atoms with van der Waals surface area (Å²) >= 11 is 1.37. The van der Waals surface area contributed by atoms with Crippen LogP contribution in [-0.2, 0) is 19.2 Å². The summed E-state index contributed by atoms with van der Waals surface area (Å²) < 4.78 is 5.44. The molecule has 0 aliphatic carbocycles. The molecule has 1 aromatic rings. The zero-order chi connectivity index (χ0) is 25.5. The molecule has 0 bridgehead atoms. The number of hydrogen-bond donors (Lipinski definition) is 5. The molecule has 1 aromatic carbocycles. The normalized spacial score (nSPS) is 21.0. The van der Waals surface area contributed by atoms with Crippen LogP contribution in [0.1, 0.15) is 37.7 Å². The van der Waals surface area contributed by atoms with Gasteiger partial charge in [-0.25, -0.2) is 4.79 Å². The maximum atomic E-state index is 12.8. The number of allylic oxidation sites excluding steroid dienone is 1. The monoisotopic (exact) mass is 504 g/mol. The molecule has 35 heavy (non-hydrogen) atoms. The Balaban J connectivity index is 1.55. The third-order valence-electron chi connectivity index (χ3n) is 5.77. The Hall–Kier alpha value is -3.38. The molecule has 11 nitrogen and oxygen atoms in total. The molecule has 0 aromatic heterocycles. The van der Waals surface area contributed by atoms with Crippen molar-refractivity contribution in [1.82, 2.24) is 10.2 Å². The maximum absolute atomic E-state index is 12.8. The van der Waals surface area contributed by atoms with Crippen molar-refractivity contribution in [2.45, 2.75) is 49.4 Å². The number of nitrogen functional groups attached to an aromatic ring is 1. The lowest BCUT2D eigenvalue weighted by Crippen LogP contribution is -2.54. The summed E-state index contributed by atoms with van der Waals surface area (Å²) in [6.45, 7) is 1.06. The first kappa shape index (κ1) is 26.2. The van der Waals surface area contributed by atoms with E-state index >= 15 is 0 Å². The van der Waals surface area contributed by atoms with Crippen molar-refractivity contribution < 1.29 is 34.1 Å². The summed E-state index contributed by atoms with van der Waals surface area (Å²) in [6, 6.07) is 4.29. The van der Waals surface area contributed by atoms with Crippen LogP contribution < -0.4 is 15.8 Å². The molecule has 1 amide bonds. The van der Waals surface area contributed by atoms with Gasteiger partial charge in [0, 0.05) is 12.1 Å². The average Bonchev–Trinajstić information content (AvgIpc) is 3.27. The number of hydrogen-bond acceptors (Lipinski definition) is 8. The standard InChI is InChI=1S/C23H28N4O7S/c24-20(25)13-4-6-14(7-5-13)34-23(33)18-9-8-15(35-18)12-27-10-2-1-3-17(27)21(30)26-16(22(31)32)11-19(28)29/h4-8,16-18H,1-3,9-12H2,(H3,24,25)(H,26,30)(H,28,29)(H,31,32)/t16-,17-,18?/m0/s1. The molecule has 6 N–H and O–H groups in total. The number of esters is 1. The number of amidine groups is 1. The van der Waals surface area contributed by atoms with Crippen LogP contribution in [0.3, 0.4) is 0 Å². The molecule has 2 heterocycles. The van der Waals surface area contributed by atoms with Gasteiger partial charge in [-0.1, -0.05) is 12.5 Å². The number of carboxylic acid groups (broad SMARTS) is 2. The van der Waals surface area contributed by atoms with Crippen molar-refractivity contribution >= 4 is 41.4 Å². The van der Waals surface area contributed by atoms with Gasteiger partial charge in [0.25, 0.3) is 0 Å². The largest absolute Gasteiger partial charge is 0.481 e. The third kappa shape index (κ3) is 7.30. The number of aliphatic carboxylic acids is 2. The average molecular weight is 505 g/mol. The third-order valence-corrected chi connectivity index (χ3v) is 7.04. The fourth-order valence-corrected chi connectivity index (χ4v) is 5.10. The van der Waals surface area contributed by atoms with Crippen LogP contribution in [0.5, 0.6) is 5.75 Å². The van der Waals surface area contributed by atoms with Crippen molar-refractivity contribution in [2.24, 2.45) is 5.73 Å². The lowest BCUT2D eigenvalue weighted by atomic mass is 10.0. The lowest BCUT2D eigenvalue weighted by Gasteiger charge is -2.35. The highest BCUT2D eigenvalue weighted by Crippen LogP contribution is 2.35. The van der Waals surface area contributed by atoms with Crippen molar-refractivity contribution in [1.29, 1.82) is 5.41 Å². The Bertz CT molecular complexity index is 1030. The van der Waals surface area contributed by atoms with Crippen LogP contribution in [-0.4, -0.2) is 75.2 Å². The van der Waals surface area contributed by atoms with Crippen LogP contribution in [0, 0.1) is 5.41 Å². The van der Waals surface area contributed by atoms with E-state index < -0.39 is 47.6 Å². The summed E-state index contributed by atoms with van der Waals surface area (Å²) in [4.78, 5) is 50.5. The van der Waals surface area contributed by atoms with Crippen LogP contribution >= 0.6 is 11.8 Å². The number of carboxylic acids is 2. The summed E-state index contributed by atoms with van der Waals surface area (Å²) in [6.07, 6.45) is 3.93. The topological polar surface area (TPSA) is 183 Å². The maximum Gasteiger partial charge on any atom is 0.326 e. The van der Waals surface area contributed by atoms with Gasteiger partial charge >= 0.3 is 17.9 Å². The summed E-state index contributed by atoms with van der Waals surface area (Å²) in [5, 5.41) is 27.5. The van der Waals surface area contributed by atoms with Crippen molar-refractivity contribution in [3.63, 3.8) is 0 Å². The molecule has 1 fully saturated rings. The number of likely N-dealkylation sites (tertiary alicyclic amines) is 1. The number of amides is 1. The van der Waals surface area contributed by atoms with Gasteiger partial charge in [0.15, 0.2) is 0 Å². The molecule has 12 heteroatoms. The Kier molecular flexibility index (Phi) is 8.88. The molecular formula is C23H28N4O7S. The van der Waals surface area contributed by atoms with E-state index in [1.807, 2.05) is 11.0 Å². The highest BCUT2D eigenvalue weighted by molar-refractivity contribution is 8.04. The van der Waals surface area contributed by atoms with Gasteiger partial charge in [0.1, 0.15) is 22.9 Å². The molecule has 3 atom stereocenters. The van der Waals surface area contributed by atoms with Gasteiger partial charge in [-0.05, 0) is 55.0 Å². The number of nitrogens with zero attached hydrogens (tertiary/aromatic N) is 1. The minimum Gasteiger partial charge on any atom is -0.481 e. The van der Waals surface area contributed by atoms with E-state index in [1.54, 1.807) is 24.3 Å². The number of benzene rings is 1. The lowest BCUT2D eigenvalue weighted by molar-refractivity contribution is -0.147. The summed E-state index contributed by atoms with van der Waals surface area (Å²) in [5.74, 6) is -3.33. The number of nitrogens with two attached hydrogens (primary N) is 1.